The molecular formula is C7H11BrO2. The molecule has 1 N–H and O–H groups in total. The van der Waals surface area contributed by atoms with Crippen LogP contribution in [0.5, 0.6) is 0 Å². The van der Waals surface area contributed by atoms with Gasteiger partial charge >= 0.3 is 5.97 Å². The predicted octanol–water partition coefficient (Wildman–Crippen LogP) is 2.05. The van der Waals surface area contributed by atoms with Gasteiger partial charge < -0.3 is 5.11 Å². The van der Waals surface area contributed by atoms with Crippen molar-refractivity contribution in [2.75, 3.05) is 0 Å². The topological polar surface area (TPSA) is 37.3 Å². The lowest BCUT2D eigenvalue weighted by Gasteiger charge is -2.08. The molecule has 0 rings (SSSR count). The van der Waals surface area contributed by atoms with Crippen LogP contribution in [0.4, 0.5) is 0 Å². The van der Waals surface area contributed by atoms with Gasteiger partial charge in [0.05, 0.1) is 0 Å². The zero-order chi connectivity index (χ0) is 8.15. The summed E-state index contributed by atoms with van der Waals surface area (Å²) in [4.78, 5) is 9.87. The van der Waals surface area contributed by atoms with E-state index in [2.05, 4.69) is 15.9 Å². The lowest BCUT2D eigenvalue weighted by molar-refractivity contribution is -0.136. The first-order chi connectivity index (χ1) is 4.59. The lowest BCUT2D eigenvalue weighted by atomic mass is 10.1. The van der Waals surface area contributed by atoms with Crippen LogP contribution < -0.4 is 0 Å². The van der Waals surface area contributed by atoms with E-state index in [1.54, 1.807) is 0 Å². The van der Waals surface area contributed by atoms with Crippen LogP contribution in [0, 0.1) is 5.92 Å². The zero-order valence-electron chi connectivity index (χ0n) is 6.04. The average Bonchev–Trinajstić information content (AvgIpc) is 1.87. The fourth-order valence-corrected chi connectivity index (χ4v) is 0.802. The molecule has 0 saturated heterocycles. The lowest BCUT2D eigenvalue weighted by Crippen LogP contribution is -2.19. The number of rotatable bonds is 3. The van der Waals surface area contributed by atoms with Crippen molar-refractivity contribution in [2.45, 2.75) is 18.7 Å². The van der Waals surface area contributed by atoms with E-state index in [0.29, 0.717) is 0 Å². The van der Waals surface area contributed by atoms with Gasteiger partial charge in [0.2, 0.25) is 0 Å². The van der Waals surface area contributed by atoms with Crippen molar-refractivity contribution in [3.05, 3.63) is 12.2 Å². The Morgan fingerprint density at radius 2 is 2.20 bits per heavy atom. The van der Waals surface area contributed by atoms with Crippen LogP contribution in [0.2, 0.25) is 0 Å². The molecule has 2 atom stereocenters. The molecule has 0 aliphatic carbocycles. The number of allylic oxidation sites excluding steroid dienone is 2. The highest BCUT2D eigenvalue weighted by Crippen LogP contribution is 2.13. The summed E-state index contributed by atoms with van der Waals surface area (Å²) < 4.78 is 0. The van der Waals surface area contributed by atoms with Crippen molar-refractivity contribution >= 4 is 21.9 Å². The molecule has 0 heterocycles. The van der Waals surface area contributed by atoms with Crippen LogP contribution in [0.1, 0.15) is 13.8 Å². The molecular weight excluding hydrogens is 196 g/mol. The minimum absolute atomic E-state index is 0.0440. The summed E-state index contributed by atoms with van der Waals surface area (Å²) in [5, 5.41) is 8.50. The highest BCUT2D eigenvalue weighted by atomic mass is 79.9. The second-order valence-electron chi connectivity index (χ2n) is 2.12. The van der Waals surface area contributed by atoms with Gasteiger partial charge in [0.25, 0.3) is 0 Å². The van der Waals surface area contributed by atoms with Gasteiger partial charge in [0.15, 0.2) is 0 Å². The van der Waals surface area contributed by atoms with E-state index in [9.17, 15) is 4.79 Å². The summed E-state index contributed by atoms with van der Waals surface area (Å²) in [5.41, 5.74) is 0. The van der Waals surface area contributed by atoms with Crippen LogP contribution in [-0.4, -0.2) is 15.9 Å². The SMILES string of the molecule is C/C=C/[C@@H](C)[C@@H](Br)C(=O)O. The molecule has 0 bridgehead atoms. The summed E-state index contributed by atoms with van der Waals surface area (Å²) >= 11 is 3.06. The minimum Gasteiger partial charge on any atom is -0.480 e. The number of halogens is 1. The quantitative estimate of drug-likeness (QED) is 0.568. The van der Waals surface area contributed by atoms with E-state index in [4.69, 9.17) is 5.11 Å². The Kier molecular flexibility index (Phi) is 4.36. The van der Waals surface area contributed by atoms with Gasteiger partial charge in [-0.2, -0.15) is 0 Å². The Bertz CT molecular complexity index is 143. The first-order valence-corrected chi connectivity index (χ1v) is 4.01. The van der Waals surface area contributed by atoms with Crippen LogP contribution in [0.25, 0.3) is 0 Å². The summed E-state index contributed by atoms with van der Waals surface area (Å²) in [7, 11) is 0. The molecule has 3 heteroatoms. The molecule has 58 valence electrons. The predicted molar refractivity (Wildman–Crippen MR) is 44.3 cm³/mol. The number of aliphatic carboxylic acids is 1. The smallest absolute Gasteiger partial charge is 0.317 e. The van der Waals surface area contributed by atoms with Crippen molar-refractivity contribution in [1.82, 2.24) is 0 Å². The van der Waals surface area contributed by atoms with Crippen molar-refractivity contribution in [2.24, 2.45) is 5.92 Å². The molecule has 10 heavy (non-hydrogen) atoms. The van der Waals surface area contributed by atoms with Gasteiger partial charge in [0, 0.05) is 0 Å². The van der Waals surface area contributed by atoms with Gasteiger partial charge in [-0.15, -0.1) is 0 Å². The highest BCUT2D eigenvalue weighted by molar-refractivity contribution is 9.10. The Hall–Kier alpha value is -0.310. The highest BCUT2D eigenvalue weighted by Gasteiger charge is 2.17. The maximum atomic E-state index is 10.3. The van der Waals surface area contributed by atoms with Crippen LogP contribution >= 0.6 is 15.9 Å². The first kappa shape index (κ1) is 9.69. The third-order valence-corrected chi connectivity index (χ3v) is 2.42. The Morgan fingerprint density at radius 3 is 2.50 bits per heavy atom. The number of carboxylic acids is 1. The Balaban J connectivity index is 3.93. The van der Waals surface area contributed by atoms with E-state index in [-0.39, 0.29) is 5.92 Å². The summed E-state index contributed by atoms with van der Waals surface area (Å²) in [6.07, 6.45) is 3.70. The summed E-state index contributed by atoms with van der Waals surface area (Å²) in [5.74, 6) is -0.770. The number of carbonyl (C=O) groups is 1. The van der Waals surface area contributed by atoms with Crippen molar-refractivity contribution in [1.29, 1.82) is 0 Å². The first-order valence-electron chi connectivity index (χ1n) is 3.09. The average molecular weight is 207 g/mol. The molecule has 0 fully saturated rings. The van der Waals surface area contributed by atoms with Gasteiger partial charge in [-0.3, -0.25) is 4.79 Å². The molecule has 0 aliphatic rings. The molecule has 2 nitrogen and oxygen atoms in total. The van der Waals surface area contributed by atoms with E-state index < -0.39 is 10.8 Å². The molecule has 0 aliphatic heterocycles. The van der Waals surface area contributed by atoms with E-state index >= 15 is 0 Å². The summed E-state index contributed by atoms with van der Waals surface area (Å²) in [6.45, 7) is 3.73. The molecule has 0 aromatic carbocycles. The molecule has 0 spiro atoms. The van der Waals surface area contributed by atoms with Gasteiger partial charge in [0.1, 0.15) is 4.83 Å². The maximum absolute atomic E-state index is 10.3. The van der Waals surface area contributed by atoms with Crippen LogP contribution in [0.15, 0.2) is 12.2 Å². The second-order valence-corrected chi connectivity index (χ2v) is 3.11. The molecule has 0 saturated carbocycles. The van der Waals surface area contributed by atoms with Crippen molar-refractivity contribution < 1.29 is 9.90 Å². The van der Waals surface area contributed by atoms with Crippen LogP contribution in [0.3, 0.4) is 0 Å². The monoisotopic (exact) mass is 206 g/mol. The number of hydrogen-bond acceptors (Lipinski definition) is 1. The van der Waals surface area contributed by atoms with E-state index in [1.807, 2.05) is 26.0 Å². The fourth-order valence-electron chi connectivity index (χ4n) is 0.626. The van der Waals surface area contributed by atoms with Crippen molar-refractivity contribution in [3.63, 3.8) is 0 Å². The van der Waals surface area contributed by atoms with Gasteiger partial charge in [-0.05, 0) is 12.8 Å². The van der Waals surface area contributed by atoms with E-state index in [0.717, 1.165) is 0 Å². The van der Waals surface area contributed by atoms with Crippen LogP contribution in [-0.2, 0) is 4.79 Å². The van der Waals surface area contributed by atoms with Crippen molar-refractivity contribution in [3.8, 4) is 0 Å². The number of alkyl halides is 1. The van der Waals surface area contributed by atoms with Gasteiger partial charge in [-0.25, -0.2) is 0 Å². The second kappa shape index (κ2) is 4.50. The largest absolute Gasteiger partial charge is 0.480 e. The maximum Gasteiger partial charge on any atom is 0.317 e. The molecule has 0 unspecified atom stereocenters. The minimum atomic E-state index is -0.814. The molecule has 0 aromatic rings. The molecule has 0 amide bonds. The third-order valence-electron chi connectivity index (χ3n) is 1.19. The standard InChI is InChI=1S/C7H11BrO2/c1-3-4-5(2)6(8)7(9)10/h3-6H,1-2H3,(H,9,10)/b4-3+/t5-,6-/m1/s1. The van der Waals surface area contributed by atoms with Gasteiger partial charge in [-0.1, -0.05) is 35.0 Å². The summed E-state index contributed by atoms with van der Waals surface area (Å²) in [6, 6.07) is 0. The normalized spacial score (nSPS) is 17.1. The Morgan fingerprint density at radius 1 is 1.70 bits per heavy atom. The Labute approximate surface area is 69.1 Å². The third kappa shape index (κ3) is 3.01. The van der Waals surface area contributed by atoms with E-state index in [1.165, 1.54) is 0 Å². The number of hydrogen-bond donors (Lipinski definition) is 1. The molecule has 0 radical (unpaired) electrons. The fraction of sp³-hybridized carbons (Fsp3) is 0.571. The zero-order valence-corrected chi connectivity index (χ0v) is 7.63. The molecule has 0 aromatic heterocycles. The number of carboxylic acid groups (broad SMARTS) is 1.